The molecule has 192 valence electrons. The quantitative estimate of drug-likeness (QED) is 0.186. The van der Waals surface area contributed by atoms with Gasteiger partial charge in [-0.05, 0) is 65.9 Å². The highest BCUT2D eigenvalue weighted by atomic mass is 16.5. The second kappa shape index (κ2) is 13.8. The summed E-state index contributed by atoms with van der Waals surface area (Å²) in [5.41, 5.74) is 7.84. The molecule has 0 unspecified atom stereocenters. The van der Waals surface area contributed by atoms with Gasteiger partial charge in [-0.25, -0.2) is 0 Å². The number of aromatic hydroxyl groups is 2. The lowest BCUT2D eigenvalue weighted by Gasteiger charge is -2.15. The molecule has 0 aliphatic carbocycles. The number of methoxy groups -OCH3 is 1. The lowest BCUT2D eigenvalue weighted by Crippen LogP contribution is -2.34. The summed E-state index contributed by atoms with van der Waals surface area (Å²) >= 11 is 0. The van der Waals surface area contributed by atoms with Gasteiger partial charge in [-0.1, -0.05) is 25.1 Å². The summed E-state index contributed by atoms with van der Waals surface area (Å²) in [4.78, 5) is 36.6. The number of esters is 1. The van der Waals surface area contributed by atoms with Crippen LogP contribution in [0.25, 0.3) is 12.2 Å². The van der Waals surface area contributed by atoms with E-state index in [1.807, 2.05) is 6.92 Å². The minimum atomic E-state index is -0.967. The number of rotatable bonds is 13. The number of aliphatic hydroxyl groups is 1. The second-order valence-electron chi connectivity index (χ2n) is 8.02. The van der Waals surface area contributed by atoms with Gasteiger partial charge in [0.2, 0.25) is 0 Å². The van der Waals surface area contributed by atoms with Crippen LogP contribution in [-0.4, -0.2) is 52.6 Å². The van der Waals surface area contributed by atoms with Crippen molar-refractivity contribution < 1.29 is 39.2 Å². The summed E-state index contributed by atoms with van der Waals surface area (Å²) < 4.78 is 10.2. The maximum absolute atomic E-state index is 12.4. The zero-order chi connectivity index (χ0) is 26.7. The fourth-order valence-electron chi connectivity index (χ4n) is 3.25. The number of phenols is 2. The molecule has 0 heterocycles. The van der Waals surface area contributed by atoms with E-state index < -0.39 is 23.6 Å². The molecule has 9 nitrogen and oxygen atoms in total. The number of carbonyl (C=O) groups is 3. The zero-order valence-electron chi connectivity index (χ0n) is 20.3. The van der Waals surface area contributed by atoms with Crippen molar-refractivity contribution in [3.8, 4) is 17.2 Å². The van der Waals surface area contributed by atoms with E-state index in [2.05, 4.69) is 0 Å². The van der Waals surface area contributed by atoms with Crippen molar-refractivity contribution in [2.75, 3.05) is 13.7 Å². The molecule has 0 amide bonds. The average Bonchev–Trinajstić information content (AvgIpc) is 2.86. The lowest BCUT2D eigenvalue weighted by atomic mass is 9.98. The van der Waals surface area contributed by atoms with Crippen LogP contribution in [0.15, 0.2) is 42.5 Å². The molecule has 0 saturated heterocycles. The van der Waals surface area contributed by atoms with Gasteiger partial charge >= 0.3 is 5.97 Å². The molecule has 9 heteroatoms. The van der Waals surface area contributed by atoms with Crippen molar-refractivity contribution in [2.45, 2.75) is 38.8 Å². The highest BCUT2D eigenvalue weighted by Gasteiger charge is 2.19. The zero-order valence-corrected chi connectivity index (χ0v) is 20.3. The molecule has 2 aromatic rings. The van der Waals surface area contributed by atoms with Crippen LogP contribution >= 0.6 is 0 Å². The van der Waals surface area contributed by atoms with E-state index in [9.17, 15) is 29.7 Å². The number of phenolic OH excluding ortho intramolecular Hbond substituents is 1. The van der Waals surface area contributed by atoms with Crippen LogP contribution in [0.5, 0.6) is 17.2 Å². The van der Waals surface area contributed by atoms with Crippen molar-refractivity contribution in [3.05, 3.63) is 64.7 Å². The number of hydrogen-bond acceptors (Lipinski definition) is 9. The largest absolute Gasteiger partial charge is 0.508 e. The Hall–Kier alpha value is -3.95. The lowest BCUT2D eigenvalue weighted by molar-refractivity contribution is -0.145. The van der Waals surface area contributed by atoms with Crippen LogP contribution in [0.4, 0.5) is 0 Å². The van der Waals surface area contributed by atoms with Crippen LogP contribution < -0.4 is 10.5 Å². The van der Waals surface area contributed by atoms with Crippen LogP contribution in [0.3, 0.4) is 0 Å². The number of ketones is 2. The van der Waals surface area contributed by atoms with Crippen molar-refractivity contribution in [2.24, 2.45) is 5.73 Å². The molecule has 2 aromatic carbocycles. The fraction of sp³-hybridized carbons (Fsp3) is 0.296. The molecular formula is C27H31NO8. The molecule has 0 spiro atoms. The standard InChI is InChI=1S/C27H31NO8/c1-3-10-36-27(34)23(28)12-19-13-25(33)26(35-2)14-18(19)6-8-22(31)15-21(30)7-4-17-5-9-24(32)20(11-17)16-29/h4-9,11,13-14,23,29,32-33H,3,10,12,15-16,28H2,1-2H3/b7-4+,8-6+/t23-/m1/s1. The van der Waals surface area contributed by atoms with Crippen molar-refractivity contribution in [1.29, 1.82) is 0 Å². The van der Waals surface area contributed by atoms with Gasteiger partial charge in [-0.2, -0.15) is 0 Å². The molecule has 5 N–H and O–H groups in total. The third kappa shape index (κ3) is 8.37. The van der Waals surface area contributed by atoms with E-state index in [0.717, 1.165) is 0 Å². The Morgan fingerprint density at radius 2 is 1.69 bits per heavy atom. The normalized spacial score (nSPS) is 12.1. The Kier molecular flexibility index (Phi) is 10.9. The van der Waals surface area contributed by atoms with Crippen LogP contribution in [0, 0.1) is 0 Å². The van der Waals surface area contributed by atoms with Gasteiger partial charge < -0.3 is 30.5 Å². The van der Waals surface area contributed by atoms with Crippen molar-refractivity contribution in [3.63, 3.8) is 0 Å². The molecule has 36 heavy (non-hydrogen) atoms. The molecule has 0 aliphatic heterocycles. The first-order valence-corrected chi connectivity index (χ1v) is 11.3. The number of nitrogens with two attached hydrogens (primary N) is 1. The summed E-state index contributed by atoms with van der Waals surface area (Å²) in [6.45, 7) is 1.76. The van der Waals surface area contributed by atoms with E-state index in [1.54, 1.807) is 6.07 Å². The number of benzene rings is 2. The summed E-state index contributed by atoms with van der Waals surface area (Å²) in [7, 11) is 1.38. The average molecular weight is 498 g/mol. The van der Waals surface area contributed by atoms with Gasteiger partial charge in [0, 0.05) is 5.56 Å². The van der Waals surface area contributed by atoms with E-state index in [0.29, 0.717) is 28.7 Å². The Bertz CT molecular complexity index is 1150. The SMILES string of the molecule is CCCOC(=O)[C@H](N)Cc1cc(O)c(OC)cc1/C=C/C(=O)CC(=O)/C=C/c1ccc(O)c(CO)c1. The van der Waals surface area contributed by atoms with Crippen LogP contribution in [0.1, 0.15) is 42.0 Å². The van der Waals surface area contributed by atoms with Crippen molar-refractivity contribution >= 4 is 29.7 Å². The highest BCUT2D eigenvalue weighted by molar-refractivity contribution is 6.11. The Labute approximate surface area is 209 Å². The third-order valence-corrected chi connectivity index (χ3v) is 5.16. The molecule has 1 atom stereocenters. The fourth-order valence-corrected chi connectivity index (χ4v) is 3.25. The summed E-state index contributed by atoms with van der Waals surface area (Å²) in [5, 5.41) is 29.0. The first kappa shape index (κ1) is 28.3. The van der Waals surface area contributed by atoms with E-state index in [1.165, 1.54) is 55.7 Å². The van der Waals surface area contributed by atoms with E-state index in [4.69, 9.17) is 15.2 Å². The number of aliphatic hydroxyl groups excluding tert-OH is 1. The van der Waals surface area contributed by atoms with Gasteiger partial charge in [0.25, 0.3) is 0 Å². The third-order valence-electron chi connectivity index (χ3n) is 5.16. The number of hydrogen-bond donors (Lipinski definition) is 4. The van der Waals surface area contributed by atoms with E-state index in [-0.39, 0.29) is 43.3 Å². The first-order chi connectivity index (χ1) is 17.2. The molecule has 0 fully saturated rings. The summed E-state index contributed by atoms with van der Waals surface area (Å²) in [5.74, 6) is -1.50. The Balaban J connectivity index is 2.12. The predicted molar refractivity (Wildman–Crippen MR) is 134 cm³/mol. The second-order valence-corrected chi connectivity index (χ2v) is 8.02. The van der Waals surface area contributed by atoms with Gasteiger partial charge in [-0.15, -0.1) is 0 Å². The molecule has 0 aliphatic rings. The summed E-state index contributed by atoms with van der Waals surface area (Å²) in [6, 6.07) is 6.45. The van der Waals surface area contributed by atoms with Crippen LogP contribution in [-0.2, 0) is 32.1 Å². The Morgan fingerprint density at radius 3 is 2.33 bits per heavy atom. The minimum Gasteiger partial charge on any atom is -0.508 e. The monoisotopic (exact) mass is 497 g/mol. The van der Waals surface area contributed by atoms with Gasteiger partial charge in [0.05, 0.1) is 26.7 Å². The maximum Gasteiger partial charge on any atom is 0.323 e. The van der Waals surface area contributed by atoms with Crippen LogP contribution in [0.2, 0.25) is 0 Å². The molecular weight excluding hydrogens is 466 g/mol. The number of allylic oxidation sites excluding steroid dienone is 2. The topological polar surface area (TPSA) is 156 Å². The summed E-state index contributed by atoms with van der Waals surface area (Å²) in [6.07, 6.45) is 5.75. The van der Waals surface area contributed by atoms with Gasteiger partial charge in [0.1, 0.15) is 11.8 Å². The van der Waals surface area contributed by atoms with E-state index >= 15 is 0 Å². The van der Waals surface area contributed by atoms with Gasteiger partial charge in [-0.3, -0.25) is 14.4 Å². The van der Waals surface area contributed by atoms with Gasteiger partial charge in [0.15, 0.2) is 23.1 Å². The number of carbonyl (C=O) groups excluding carboxylic acids is 3. The smallest absolute Gasteiger partial charge is 0.323 e. The predicted octanol–water partition coefficient (Wildman–Crippen LogP) is 2.68. The first-order valence-electron chi connectivity index (χ1n) is 11.3. The maximum atomic E-state index is 12.4. The number of ether oxygens (including phenoxy) is 2. The minimum absolute atomic E-state index is 0.0506. The molecule has 2 rings (SSSR count). The molecule has 0 bridgehead atoms. The highest BCUT2D eigenvalue weighted by Crippen LogP contribution is 2.31. The van der Waals surface area contributed by atoms with Crippen molar-refractivity contribution in [1.82, 2.24) is 0 Å². The Morgan fingerprint density at radius 1 is 1.00 bits per heavy atom. The molecule has 0 radical (unpaired) electrons. The molecule has 0 saturated carbocycles. The molecule has 0 aromatic heterocycles.